The van der Waals surface area contributed by atoms with Gasteiger partial charge in [-0.3, -0.25) is 0 Å². The highest BCUT2D eigenvalue weighted by atomic mass is 16.6. The fourth-order valence-electron chi connectivity index (χ4n) is 4.95. The quantitative estimate of drug-likeness (QED) is 0.156. The van der Waals surface area contributed by atoms with E-state index in [9.17, 15) is 0 Å². The van der Waals surface area contributed by atoms with E-state index in [-0.39, 0.29) is 12.2 Å². The Labute approximate surface area is 181 Å². The second kappa shape index (κ2) is 14.8. The Balaban J connectivity index is 1.90. The molecule has 0 aromatic carbocycles. The van der Waals surface area contributed by atoms with Crippen LogP contribution >= 0.6 is 0 Å². The predicted molar refractivity (Wildman–Crippen MR) is 122 cm³/mol. The minimum Gasteiger partial charge on any atom is -0.370 e. The molecule has 0 aliphatic carbocycles. The maximum absolute atomic E-state index is 6.81. The molecule has 29 heavy (non-hydrogen) atoms. The molecule has 0 radical (unpaired) electrons. The Morgan fingerprint density at radius 1 is 0.621 bits per heavy atom. The van der Waals surface area contributed by atoms with Crippen LogP contribution in [0.5, 0.6) is 0 Å². The van der Waals surface area contributed by atoms with Crippen molar-refractivity contribution in [2.75, 3.05) is 13.2 Å². The molecule has 2 saturated heterocycles. The van der Waals surface area contributed by atoms with Crippen LogP contribution in [-0.4, -0.2) is 37.6 Å². The summed E-state index contributed by atoms with van der Waals surface area (Å²) in [5.74, 6) is 1.58. The largest absolute Gasteiger partial charge is 0.370 e. The summed E-state index contributed by atoms with van der Waals surface area (Å²) in [6, 6.07) is 0. The van der Waals surface area contributed by atoms with Crippen LogP contribution in [0.15, 0.2) is 0 Å². The first-order valence-electron chi connectivity index (χ1n) is 13.1. The summed E-state index contributed by atoms with van der Waals surface area (Å²) < 4.78 is 18.3. The van der Waals surface area contributed by atoms with Gasteiger partial charge in [0.05, 0.1) is 25.4 Å². The minimum atomic E-state index is 0.278. The molecule has 0 spiro atoms. The third-order valence-electron chi connectivity index (χ3n) is 6.85. The fraction of sp³-hybridized carbons (Fsp3) is 1.00. The molecule has 2 rings (SSSR count). The highest BCUT2D eigenvalue weighted by Gasteiger charge is 2.41. The summed E-state index contributed by atoms with van der Waals surface area (Å²) in [5.41, 5.74) is 0. The van der Waals surface area contributed by atoms with Crippen molar-refractivity contribution in [3.63, 3.8) is 0 Å². The van der Waals surface area contributed by atoms with Crippen molar-refractivity contribution in [2.24, 2.45) is 11.8 Å². The zero-order valence-corrected chi connectivity index (χ0v) is 20.0. The zero-order valence-electron chi connectivity index (χ0n) is 20.0. The molecule has 172 valence electrons. The summed E-state index contributed by atoms with van der Waals surface area (Å²) in [6.45, 7) is 11.0. The highest BCUT2D eigenvalue weighted by molar-refractivity contribution is 4.88. The maximum Gasteiger partial charge on any atom is 0.107 e. The van der Waals surface area contributed by atoms with E-state index in [1.807, 2.05) is 0 Å². The van der Waals surface area contributed by atoms with Crippen molar-refractivity contribution in [3.8, 4) is 0 Å². The van der Waals surface area contributed by atoms with Crippen LogP contribution < -0.4 is 0 Å². The van der Waals surface area contributed by atoms with E-state index in [2.05, 4.69) is 27.7 Å². The summed E-state index contributed by atoms with van der Waals surface area (Å²) in [6.07, 6.45) is 19.6. The molecule has 6 atom stereocenters. The normalized spacial score (nSPS) is 24.8. The summed E-state index contributed by atoms with van der Waals surface area (Å²) >= 11 is 0. The van der Waals surface area contributed by atoms with Gasteiger partial charge < -0.3 is 14.2 Å². The SMILES string of the molecule is CCCCCC(CCC)CC(OC(CC(CCC)CCCCC)C1CO1)C1CO1. The Morgan fingerprint density at radius 3 is 1.34 bits per heavy atom. The molecule has 2 aliphatic heterocycles. The van der Waals surface area contributed by atoms with E-state index < -0.39 is 0 Å². The molecule has 0 N–H and O–H groups in total. The van der Waals surface area contributed by atoms with Crippen LogP contribution in [0.1, 0.15) is 118 Å². The Morgan fingerprint density at radius 2 is 1.03 bits per heavy atom. The summed E-state index contributed by atoms with van der Waals surface area (Å²) in [4.78, 5) is 0. The maximum atomic E-state index is 6.81. The molecule has 6 unspecified atom stereocenters. The van der Waals surface area contributed by atoms with E-state index >= 15 is 0 Å². The summed E-state index contributed by atoms with van der Waals surface area (Å²) in [7, 11) is 0. The van der Waals surface area contributed by atoms with Gasteiger partial charge in [-0.2, -0.15) is 0 Å². The molecule has 0 bridgehead atoms. The third-order valence-corrected chi connectivity index (χ3v) is 6.85. The van der Waals surface area contributed by atoms with Crippen LogP contribution in [0.25, 0.3) is 0 Å². The first kappa shape index (κ1) is 25.1. The topological polar surface area (TPSA) is 34.3 Å². The van der Waals surface area contributed by atoms with E-state index in [0.717, 1.165) is 25.0 Å². The Bertz CT molecular complexity index is 355. The van der Waals surface area contributed by atoms with E-state index in [1.165, 1.54) is 89.9 Å². The van der Waals surface area contributed by atoms with Crippen molar-refractivity contribution >= 4 is 0 Å². The number of hydrogen-bond acceptors (Lipinski definition) is 3. The van der Waals surface area contributed by atoms with Crippen LogP contribution in [0.2, 0.25) is 0 Å². The fourth-order valence-corrected chi connectivity index (χ4v) is 4.95. The summed E-state index contributed by atoms with van der Waals surface area (Å²) in [5, 5.41) is 0. The lowest BCUT2D eigenvalue weighted by molar-refractivity contribution is -0.0597. The van der Waals surface area contributed by atoms with Crippen LogP contribution in [0.3, 0.4) is 0 Å². The van der Waals surface area contributed by atoms with E-state index in [0.29, 0.717) is 12.2 Å². The van der Waals surface area contributed by atoms with E-state index in [1.54, 1.807) is 0 Å². The number of epoxide rings is 2. The lowest BCUT2D eigenvalue weighted by Gasteiger charge is -2.29. The van der Waals surface area contributed by atoms with Gasteiger partial charge in [0.15, 0.2) is 0 Å². The molecule has 0 saturated carbocycles. The van der Waals surface area contributed by atoms with Gasteiger partial charge in [-0.05, 0) is 24.7 Å². The van der Waals surface area contributed by atoms with Crippen LogP contribution in [0, 0.1) is 11.8 Å². The molecule has 3 nitrogen and oxygen atoms in total. The van der Waals surface area contributed by atoms with Gasteiger partial charge in [0.2, 0.25) is 0 Å². The monoisotopic (exact) mass is 410 g/mol. The predicted octanol–water partition coefficient (Wildman–Crippen LogP) is 7.31. The average Bonchev–Trinajstić information content (AvgIpc) is 3.60. The second-order valence-electron chi connectivity index (χ2n) is 9.73. The van der Waals surface area contributed by atoms with Crippen molar-refractivity contribution in [2.45, 2.75) is 142 Å². The van der Waals surface area contributed by atoms with E-state index in [4.69, 9.17) is 14.2 Å². The number of unbranched alkanes of at least 4 members (excludes halogenated alkanes) is 4. The molecule has 2 fully saturated rings. The van der Waals surface area contributed by atoms with Gasteiger partial charge in [-0.15, -0.1) is 0 Å². The lowest BCUT2D eigenvalue weighted by Crippen LogP contribution is -2.33. The third kappa shape index (κ3) is 10.6. The van der Waals surface area contributed by atoms with Gasteiger partial charge in [-0.25, -0.2) is 0 Å². The van der Waals surface area contributed by atoms with Crippen molar-refractivity contribution in [1.82, 2.24) is 0 Å². The lowest BCUT2D eigenvalue weighted by atomic mass is 9.88. The first-order valence-corrected chi connectivity index (χ1v) is 13.1. The van der Waals surface area contributed by atoms with Crippen molar-refractivity contribution in [1.29, 1.82) is 0 Å². The van der Waals surface area contributed by atoms with Crippen LogP contribution in [-0.2, 0) is 14.2 Å². The molecule has 0 aromatic heterocycles. The molecular weight excluding hydrogens is 360 g/mol. The molecule has 0 amide bonds. The molecule has 3 heteroatoms. The van der Waals surface area contributed by atoms with Gasteiger partial charge in [-0.1, -0.05) is 105 Å². The second-order valence-corrected chi connectivity index (χ2v) is 9.73. The standard InChI is InChI=1S/C26H50O3/c1-5-9-11-15-21(13-7-3)17-23(25-19-27-25)29-24(26-20-28-26)18-22(14-8-4)16-12-10-6-2/h21-26H,5-20H2,1-4H3. The van der Waals surface area contributed by atoms with Crippen molar-refractivity contribution in [3.05, 3.63) is 0 Å². The number of hydrogen-bond donors (Lipinski definition) is 0. The Hall–Kier alpha value is -0.120. The number of ether oxygens (including phenoxy) is 3. The first-order chi connectivity index (χ1) is 14.2. The van der Waals surface area contributed by atoms with Crippen LogP contribution in [0.4, 0.5) is 0 Å². The average molecular weight is 411 g/mol. The smallest absolute Gasteiger partial charge is 0.107 e. The number of rotatable bonds is 20. The van der Waals surface area contributed by atoms with Gasteiger partial charge >= 0.3 is 0 Å². The zero-order chi connectivity index (χ0) is 20.9. The van der Waals surface area contributed by atoms with Gasteiger partial charge in [0, 0.05) is 0 Å². The van der Waals surface area contributed by atoms with Crippen molar-refractivity contribution < 1.29 is 14.2 Å². The Kier molecular flexibility index (Phi) is 12.8. The molecule has 2 heterocycles. The molecular formula is C26H50O3. The van der Waals surface area contributed by atoms with Gasteiger partial charge in [0.25, 0.3) is 0 Å². The molecule has 0 aromatic rings. The minimum absolute atomic E-state index is 0.278. The molecule has 2 aliphatic rings. The van der Waals surface area contributed by atoms with Gasteiger partial charge in [0.1, 0.15) is 12.2 Å². The highest BCUT2D eigenvalue weighted by Crippen LogP contribution is 2.34.